The Bertz CT molecular complexity index is 1240. The van der Waals surface area contributed by atoms with E-state index in [1.807, 2.05) is 36.4 Å². The summed E-state index contributed by atoms with van der Waals surface area (Å²) in [5.74, 6) is 0.580. The van der Waals surface area contributed by atoms with Gasteiger partial charge in [-0.25, -0.2) is 9.37 Å². The predicted molar refractivity (Wildman–Crippen MR) is 127 cm³/mol. The van der Waals surface area contributed by atoms with E-state index in [-0.39, 0.29) is 5.82 Å². The maximum absolute atomic E-state index is 14.2. The van der Waals surface area contributed by atoms with Crippen molar-refractivity contribution in [3.05, 3.63) is 81.6 Å². The zero-order valence-electron chi connectivity index (χ0n) is 18.0. The Morgan fingerprint density at radius 2 is 1.74 bits per heavy atom. The van der Waals surface area contributed by atoms with E-state index in [1.165, 1.54) is 0 Å². The second kappa shape index (κ2) is 8.69. The van der Waals surface area contributed by atoms with Crippen LogP contribution < -0.4 is 11.1 Å². The van der Waals surface area contributed by atoms with Gasteiger partial charge in [-0.1, -0.05) is 41.9 Å². The molecule has 4 rings (SSSR count). The molecule has 0 radical (unpaired) electrons. The third-order valence-electron chi connectivity index (χ3n) is 5.43. The predicted octanol–water partition coefficient (Wildman–Crippen LogP) is 5.84. The van der Waals surface area contributed by atoms with Crippen LogP contribution in [0.3, 0.4) is 0 Å². The Hall–Kier alpha value is -2.89. The number of nitrogens with one attached hydrogen (secondary N) is 1. The number of fused-ring (bicyclic) bond motifs is 1. The second-order valence-corrected chi connectivity index (χ2v) is 8.35. The molecule has 1 heterocycles. The Balaban J connectivity index is 1.92. The molecule has 0 saturated carbocycles. The van der Waals surface area contributed by atoms with Gasteiger partial charge in [0, 0.05) is 29.2 Å². The molecule has 0 aliphatic carbocycles. The van der Waals surface area contributed by atoms with Crippen LogP contribution in [0.4, 0.5) is 10.3 Å². The van der Waals surface area contributed by atoms with E-state index in [2.05, 4.69) is 28.9 Å². The number of nitrogens with zero attached hydrogens (tertiary/aromatic N) is 2. The summed E-state index contributed by atoms with van der Waals surface area (Å²) in [6, 6.07) is 15.8. The molecule has 0 aliphatic rings. The van der Waals surface area contributed by atoms with Crippen LogP contribution >= 0.6 is 11.6 Å². The van der Waals surface area contributed by atoms with Crippen LogP contribution in [0.15, 0.2) is 48.5 Å². The number of imidazole rings is 1. The average Bonchev–Trinajstić information content (AvgIpc) is 3.07. The maximum atomic E-state index is 14.2. The quantitative estimate of drug-likeness (QED) is 0.399. The van der Waals surface area contributed by atoms with Crippen molar-refractivity contribution in [3.63, 3.8) is 0 Å². The zero-order chi connectivity index (χ0) is 22.1. The summed E-state index contributed by atoms with van der Waals surface area (Å²) in [5, 5.41) is 4.03. The van der Waals surface area contributed by atoms with Crippen LogP contribution in [0.5, 0.6) is 0 Å². The van der Waals surface area contributed by atoms with E-state index in [0.717, 1.165) is 39.2 Å². The first-order valence-electron chi connectivity index (χ1n) is 10.3. The average molecular weight is 437 g/mol. The summed E-state index contributed by atoms with van der Waals surface area (Å²) in [4.78, 5) is 4.93. The van der Waals surface area contributed by atoms with Crippen LogP contribution in [0.1, 0.15) is 22.3 Å². The molecule has 31 heavy (non-hydrogen) atoms. The second-order valence-electron chi connectivity index (χ2n) is 7.94. The fourth-order valence-corrected chi connectivity index (χ4v) is 4.27. The lowest BCUT2D eigenvalue weighted by Gasteiger charge is -2.13. The third-order valence-corrected chi connectivity index (χ3v) is 5.76. The molecule has 0 unspecified atom stereocenters. The van der Waals surface area contributed by atoms with Crippen molar-refractivity contribution in [3.8, 4) is 11.1 Å². The number of rotatable bonds is 6. The highest BCUT2D eigenvalue weighted by Gasteiger charge is 2.18. The Labute approximate surface area is 186 Å². The lowest BCUT2D eigenvalue weighted by Crippen LogP contribution is -2.16. The minimum atomic E-state index is -0.155. The molecule has 3 N–H and O–H groups in total. The lowest BCUT2D eigenvalue weighted by atomic mass is 10.0. The molecule has 0 aliphatic heterocycles. The van der Waals surface area contributed by atoms with E-state index in [0.29, 0.717) is 35.8 Å². The molecular weight excluding hydrogens is 411 g/mol. The number of nitrogens with two attached hydrogens (primary N) is 1. The SMILES string of the molecule is Cc1cc(-c2ccccc2Cl)c2nc(NCCN)n(Cc3cc(C)c(F)c(C)c3)c2c1. The molecule has 160 valence electrons. The van der Waals surface area contributed by atoms with Gasteiger partial charge >= 0.3 is 0 Å². The summed E-state index contributed by atoms with van der Waals surface area (Å²) in [5.41, 5.74) is 12.9. The third kappa shape index (κ3) is 4.16. The number of aromatic nitrogens is 2. The van der Waals surface area contributed by atoms with Gasteiger partial charge in [0.15, 0.2) is 0 Å². The highest BCUT2D eigenvalue weighted by atomic mass is 35.5. The minimum absolute atomic E-state index is 0.155. The molecule has 3 aromatic carbocycles. The van der Waals surface area contributed by atoms with E-state index >= 15 is 0 Å². The number of halogens is 2. The van der Waals surface area contributed by atoms with Gasteiger partial charge in [-0.15, -0.1) is 0 Å². The topological polar surface area (TPSA) is 55.9 Å². The minimum Gasteiger partial charge on any atom is -0.354 e. The molecule has 6 heteroatoms. The molecule has 0 atom stereocenters. The molecule has 1 aromatic heterocycles. The number of benzene rings is 3. The molecule has 4 aromatic rings. The molecule has 0 spiro atoms. The first-order chi connectivity index (χ1) is 14.9. The van der Waals surface area contributed by atoms with Gasteiger partial charge < -0.3 is 15.6 Å². The van der Waals surface area contributed by atoms with Crippen molar-refractivity contribution in [1.82, 2.24) is 9.55 Å². The Morgan fingerprint density at radius 1 is 1.03 bits per heavy atom. The fraction of sp³-hybridized carbons (Fsp3) is 0.240. The van der Waals surface area contributed by atoms with E-state index in [1.54, 1.807) is 13.8 Å². The van der Waals surface area contributed by atoms with Crippen molar-refractivity contribution in [2.24, 2.45) is 5.73 Å². The van der Waals surface area contributed by atoms with Gasteiger partial charge in [-0.2, -0.15) is 0 Å². The van der Waals surface area contributed by atoms with Gasteiger partial charge in [0.25, 0.3) is 0 Å². The standard InChI is InChI=1S/C25H26ClFN4/c1-15-10-20(19-6-4-5-7-21(19)26)24-22(11-15)31(25(30-24)29-9-8-28)14-18-12-16(2)23(27)17(3)13-18/h4-7,10-13H,8-9,14,28H2,1-3H3,(H,29,30). The van der Waals surface area contributed by atoms with Crippen molar-refractivity contribution < 1.29 is 4.39 Å². The van der Waals surface area contributed by atoms with E-state index < -0.39 is 0 Å². The summed E-state index contributed by atoms with van der Waals surface area (Å²) in [6.45, 7) is 7.32. The summed E-state index contributed by atoms with van der Waals surface area (Å²) in [7, 11) is 0. The van der Waals surface area contributed by atoms with Crippen molar-refractivity contribution >= 4 is 28.6 Å². The van der Waals surface area contributed by atoms with Gasteiger partial charge in [-0.3, -0.25) is 0 Å². The monoisotopic (exact) mass is 436 g/mol. The molecule has 0 bridgehead atoms. The van der Waals surface area contributed by atoms with Gasteiger partial charge in [0.2, 0.25) is 5.95 Å². The molecule has 0 saturated heterocycles. The lowest BCUT2D eigenvalue weighted by molar-refractivity contribution is 0.607. The van der Waals surface area contributed by atoms with Crippen LogP contribution in [0.25, 0.3) is 22.2 Å². The van der Waals surface area contributed by atoms with Crippen molar-refractivity contribution in [2.45, 2.75) is 27.3 Å². The first-order valence-corrected chi connectivity index (χ1v) is 10.7. The van der Waals surface area contributed by atoms with Crippen LogP contribution in [0, 0.1) is 26.6 Å². The van der Waals surface area contributed by atoms with Crippen LogP contribution in [-0.4, -0.2) is 22.6 Å². The number of hydrogen-bond acceptors (Lipinski definition) is 3. The number of aryl methyl sites for hydroxylation is 3. The highest BCUT2D eigenvalue weighted by Crippen LogP contribution is 2.36. The highest BCUT2D eigenvalue weighted by molar-refractivity contribution is 6.33. The summed E-state index contributed by atoms with van der Waals surface area (Å²) < 4.78 is 16.3. The summed E-state index contributed by atoms with van der Waals surface area (Å²) >= 11 is 6.52. The van der Waals surface area contributed by atoms with Crippen molar-refractivity contribution in [1.29, 1.82) is 0 Å². The van der Waals surface area contributed by atoms with Gasteiger partial charge in [0.05, 0.1) is 17.6 Å². The smallest absolute Gasteiger partial charge is 0.204 e. The molecule has 0 fully saturated rings. The summed E-state index contributed by atoms with van der Waals surface area (Å²) in [6.07, 6.45) is 0. The number of anilines is 1. The van der Waals surface area contributed by atoms with Gasteiger partial charge in [-0.05, 0) is 61.2 Å². The largest absolute Gasteiger partial charge is 0.354 e. The van der Waals surface area contributed by atoms with Crippen molar-refractivity contribution in [2.75, 3.05) is 18.4 Å². The molecule has 0 amide bonds. The molecule has 4 nitrogen and oxygen atoms in total. The Morgan fingerprint density at radius 3 is 2.42 bits per heavy atom. The fourth-order valence-electron chi connectivity index (χ4n) is 4.04. The van der Waals surface area contributed by atoms with E-state index in [4.69, 9.17) is 22.3 Å². The maximum Gasteiger partial charge on any atom is 0.204 e. The van der Waals surface area contributed by atoms with E-state index in [9.17, 15) is 4.39 Å². The first kappa shape index (κ1) is 21.3. The zero-order valence-corrected chi connectivity index (χ0v) is 18.7. The normalized spacial score (nSPS) is 11.3. The molecular formula is C25H26ClFN4. The van der Waals surface area contributed by atoms with Gasteiger partial charge in [0.1, 0.15) is 5.82 Å². The van der Waals surface area contributed by atoms with Crippen LogP contribution in [0.2, 0.25) is 5.02 Å². The Kier molecular flexibility index (Phi) is 5.99. The number of hydrogen-bond donors (Lipinski definition) is 2. The van der Waals surface area contributed by atoms with Crippen LogP contribution in [-0.2, 0) is 6.54 Å².